The molecule has 4 aromatic rings. The van der Waals surface area contributed by atoms with E-state index in [1.54, 1.807) is 6.20 Å². The zero-order valence-electron chi connectivity index (χ0n) is 17.8. The van der Waals surface area contributed by atoms with Gasteiger partial charge in [-0.05, 0) is 23.3 Å². The Bertz CT molecular complexity index is 1200. The molecule has 2 aromatic carbocycles. The highest BCUT2D eigenvalue weighted by atomic mass is 16.4. The van der Waals surface area contributed by atoms with Crippen LogP contribution in [0.25, 0.3) is 22.2 Å². The van der Waals surface area contributed by atoms with Crippen LogP contribution in [0.3, 0.4) is 0 Å². The van der Waals surface area contributed by atoms with Crippen LogP contribution in [0.2, 0.25) is 0 Å². The number of carboxylic acids is 1. The predicted octanol–water partition coefficient (Wildman–Crippen LogP) is 4.17. The minimum absolute atomic E-state index is 0.699. The number of nitrogens with one attached hydrogen (secondary N) is 1. The van der Waals surface area contributed by atoms with E-state index in [2.05, 4.69) is 25.8 Å². The van der Waals surface area contributed by atoms with Crippen LogP contribution in [0.1, 0.15) is 17.2 Å². The first-order valence-electron chi connectivity index (χ1n) is 10.9. The van der Waals surface area contributed by atoms with Crippen LogP contribution in [0.15, 0.2) is 79.1 Å². The second-order valence-corrected chi connectivity index (χ2v) is 8.24. The molecule has 162 valence electrons. The SMILES string of the molecule is O=C(O)[C@H](c1c(-c2ccccc2)[nH]c2ccccc12)N1CCN(Cc2cccnc2)CC1. The number of aromatic amines is 1. The molecule has 0 radical (unpaired) electrons. The maximum atomic E-state index is 12.6. The van der Waals surface area contributed by atoms with Crippen molar-refractivity contribution in [2.24, 2.45) is 0 Å². The number of piperazine rings is 1. The van der Waals surface area contributed by atoms with Crippen molar-refractivity contribution in [2.75, 3.05) is 26.2 Å². The number of para-hydroxylation sites is 1. The second-order valence-electron chi connectivity index (χ2n) is 8.24. The number of aliphatic carboxylic acids is 1. The Hall–Kier alpha value is -3.48. The molecule has 0 amide bonds. The largest absolute Gasteiger partial charge is 0.480 e. The molecule has 0 unspecified atom stereocenters. The van der Waals surface area contributed by atoms with Gasteiger partial charge in [-0.25, -0.2) is 0 Å². The smallest absolute Gasteiger partial charge is 0.325 e. The third-order valence-corrected chi connectivity index (χ3v) is 6.22. The van der Waals surface area contributed by atoms with Gasteiger partial charge >= 0.3 is 5.97 Å². The van der Waals surface area contributed by atoms with Crippen LogP contribution >= 0.6 is 0 Å². The first kappa shape index (κ1) is 20.4. The standard InChI is InChI=1S/C26H26N4O2/c31-26(32)25(30-15-13-29(14-16-30)18-19-7-6-12-27-17-19)23-21-10-4-5-11-22(21)28-24(23)20-8-2-1-3-9-20/h1-12,17,25,28H,13-16,18H2,(H,31,32)/t25-/m0/s1. The first-order valence-corrected chi connectivity index (χ1v) is 10.9. The van der Waals surface area contributed by atoms with E-state index in [4.69, 9.17) is 0 Å². The number of hydrogen-bond acceptors (Lipinski definition) is 4. The van der Waals surface area contributed by atoms with Gasteiger partial charge in [-0.15, -0.1) is 0 Å². The first-order chi connectivity index (χ1) is 15.7. The molecule has 5 rings (SSSR count). The van der Waals surface area contributed by atoms with E-state index >= 15 is 0 Å². The normalized spacial score (nSPS) is 16.2. The van der Waals surface area contributed by atoms with Crippen LogP contribution in [0.4, 0.5) is 0 Å². The van der Waals surface area contributed by atoms with Gasteiger partial charge < -0.3 is 10.1 Å². The van der Waals surface area contributed by atoms with Crippen molar-refractivity contribution >= 4 is 16.9 Å². The van der Waals surface area contributed by atoms with Crippen LogP contribution < -0.4 is 0 Å². The van der Waals surface area contributed by atoms with E-state index in [-0.39, 0.29) is 0 Å². The summed E-state index contributed by atoms with van der Waals surface area (Å²) in [5.74, 6) is -0.812. The Balaban J connectivity index is 1.46. The molecule has 2 N–H and O–H groups in total. The van der Waals surface area contributed by atoms with E-state index < -0.39 is 12.0 Å². The number of carboxylic acid groups (broad SMARTS) is 1. The van der Waals surface area contributed by atoms with Gasteiger partial charge in [0.2, 0.25) is 0 Å². The summed E-state index contributed by atoms with van der Waals surface area (Å²) >= 11 is 0. The van der Waals surface area contributed by atoms with E-state index in [0.29, 0.717) is 13.1 Å². The molecule has 1 aliphatic heterocycles. The van der Waals surface area contributed by atoms with Crippen molar-refractivity contribution in [2.45, 2.75) is 12.6 Å². The molecule has 1 atom stereocenters. The number of pyridine rings is 1. The quantitative estimate of drug-likeness (QED) is 0.484. The number of H-pyrrole nitrogens is 1. The Morgan fingerprint density at radius 3 is 2.44 bits per heavy atom. The minimum Gasteiger partial charge on any atom is -0.480 e. The third kappa shape index (κ3) is 4.02. The molecule has 6 nitrogen and oxygen atoms in total. The van der Waals surface area contributed by atoms with Crippen molar-refractivity contribution in [1.29, 1.82) is 0 Å². The third-order valence-electron chi connectivity index (χ3n) is 6.22. The lowest BCUT2D eigenvalue weighted by atomic mass is 9.97. The summed E-state index contributed by atoms with van der Waals surface area (Å²) in [6, 6.07) is 21.3. The Kier molecular flexibility index (Phi) is 5.71. The molecule has 32 heavy (non-hydrogen) atoms. The molecule has 0 bridgehead atoms. The topological polar surface area (TPSA) is 72.5 Å². The molecule has 1 fully saturated rings. The van der Waals surface area contributed by atoms with Crippen molar-refractivity contribution in [3.63, 3.8) is 0 Å². The van der Waals surface area contributed by atoms with E-state index in [1.165, 1.54) is 5.56 Å². The predicted molar refractivity (Wildman–Crippen MR) is 125 cm³/mol. The number of carbonyl (C=O) groups is 1. The Labute approximate surface area is 187 Å². The number of nitrogens with zero attached hydrogens (tertiary/aromatic N) is 3. The molecule has 3 heterocycles. The van der Waals surface area contributed by atoms with Gasteiger partial charge in [-0.1, -0.05) is 54.6 Å². The molecular formula is C26H26N4O2. The number of rotatable bonds is 6. The lowest BCUT2D eigenvalue weighted by molar-refractivity contribution is -0.144. The number of aromatic nitrogens is 2. The summed E-state index contributed by atoms with van der Waals surface area (Å²) < 4.78 is 0. The van der Waals surface area contributed by atoms with Gasteiger partial charge in [0, 0.05) is 61.6 Å². The Morgan fingerprint density at radius 2 is 1.72 bits per heavy atom. The lowest BCUT2D eigenvalue weighted by Crippen LogP contribution is -2.48. The van der Waals surface area contributed by atoms with Gasteiger partial charge in [0.05, 0.1) is 5.69 Å². The summed E-state index contributed by atoms with van der Waals surface area (Å²) in [7, 11) is 0. The summed E-state index contributed by atoms with van der Waals surface area (Å²) in [5, 5.41) is 11.3. The van der Waals surface area contributed by atoms with E-state index in [1.807, 2.05) is 66.9 Å². The van der Waals surface area contributed by atoms with Crippen molar-refractivity contribution in [3.05, 3.63) is 90.3 Å². The molecule has 0 saturated carbocycles. The molecular weight excluding hydrogens is 400 g/mol. The highest BCUT2D eigenvalue weighted by Gasteiger charge is 2.34. The molecule has 2 aromatic heterocycles. The maximum absolute atomic E-state index is 12.6. The van der Waals surface area contributed by atoms with Gasteiger partial charge in [-0.2, -0.15) is 0 Å². The van der Waals surface area contributed by atoms with Crippen LogP contribution in [-0.2, 0) is 11.3 Å². The molecule has 1 saturated heterocycles. The fourth-order valence-electron chi connectivity index (χ4n) is 4.67. The zero-order valence-corrected chi connectivity index (χ0v) is 17.8. The molecule has 6 heteroatoms. The zero-order chi connectivity index (χ0) is 21.9. The fraction of sp³-hybridized carbons (Fsp3) is 0.231. The number of fused-ring (bicyclic) bond motifs is 1. The van der Waals surface area contributed by atoms with Gasteiger partial charge in [0.15, 0.2) is 0 Å². The molecule has 0 spiro atoms. The van der Waals surface area contributed by atoms with Crippen molar-refractivity contribution in [3.8, 4) is 11.3 Å². The van der Waals surface area contributed by atoms with Crippen LogP contribution in [0.5, 0.6) is 0 Å². The summed E-state index contributed by atoms with van der Waals surface area (Å²) in [6.45, 7) is 3.88. The fourth-order valence-corrected chi connectivity index (χ4v) is 4.67. The molecule has 0 aliphatic carbocycles. The Morgan fingerprint density at radius 1 is 0.969 bits per heavy atom. The average molecular weight is 427 g/mol. The minimum atomic E-state index is -0.812. The highest BCUT2D eigenvalue weighted by molar-refractivity contribution is 5.95. The summed E-state index contributed by atoms with van der Waals surface area (Å²) in [5.41, 5.74) is 4.87. The van der Waals surface area contributed by atoms with Gasteiger partial charge in [-0.3, -0.25) is 19.6 Å². The van der Waals surface area contributed by atoms with E-state index in [0.717, 1.165) is 47.4 Å². The summed E-state index contributed by atoms with van der Waals surface area (Å²) in [4.78, 5) is 24.8. The van der Waals surface area contributed by atoms with Crippen molar-refractivity contribution in [1.82, 2.24) is 19.8 Å². The van der Waals surface area contributed by atoms with Crippen LogP contribution in [0, 0.1) is 0 Å². The monoisotopic (exact) mass is 426 g/mol. The number of hydrogen-bond donors (Lipinski definition) is 2. The van der Waals surface area contributed by atoms with Gasteiger partial charge in [0.25, 0.3) is 0 Å². The van der Waals surface area contributed by atoms with E-state index in [9.17, 15) is 9.90 Å². The molecule has 1 aliphatic rings. The van der Waals surface area contributed by atoms with Crippen molar-refractivity contribution < 1.29 is 9.90 Å². The average Bonchev–Trinajstić information content (AvgIpc) is 3.21. The maximum Gasteiger partial charge on any atom is 0.325 e. The second kappa shape index (κ2) is 8.94. The highest BCUT2D eigenvalue weighted by Crippen LogP contribution is 2.37. The number of benzene rings is 2. The summed E-state index contributed by atoms with van der Waals surface area (Å²) in [6.07, 6.45) is 3.68. The lowest BCUT2D eigenvalue weighted by Gasteiger charge is -2.38. The van der Waals surface area contributed by atoms with Crippen LogP contribution in [-0.4, -0.2) is 57.0 Å². The van der Waals surface area contributed by atoms with Gasteiger partial charge in [0.1, 0.15) is 6.04 Å².